The van der Waals surface area contributed by atoms with Crippen LogP contribution in [0.15, 0.2) is 24.3 Å². The molecule has 0 atom stereocenters. The summed E-state index contributed by atoms with van der Waals surface area (Å²) in [5, 5.41) is 0.464. The number of imidazole rings is 1. The number of hydrogen-bond acceptors (Lipinski definition) is 2. The third kappa shape index (κ3) is 1.81. The second-order valence-electron chi connectivity index (χ2n) is 3.44. The highest BCUT2D eigenvalue weighted by Gasteiger charge is 2.13. The largest absolute Gasteiger partial charge is 0.324 e. The van der Waals surface area contributed by atoms with Crippen LogP contribution in [0.25, 0.3) is 11.3 Å². The van der Waals surface area contributed by atoms with Crippen molar-refractivity contribution in [3.05, 3.63) is 41.1 Å². The fourth-order valence-electron chi connectivity index (χ4n) is 1.52. The van der Waals surface area contributed by atoms with E-state index in [9.17, 15) is 4.39 Å². The fraction of sp³-hybridized carbons (Fsp3) is 0.182. The quantitative estimate of drug-likeness (QED) is 0.874. The molecule has 0 radical (unpaired) electrons. The van der Waals surface area contributed by atoms with Gasteiger partial charge in [0.2, 0.25) is 0 Å². The molecule has 0 saturated heterocycles. The molecule has 5 heteroatoms. The zero-order valence-electron chi connectivity index (χ0n) is 8.74. The van der Waals surface area contributed by atoms with E-state index in [2.05, 4.69) is 4.98 Å². The lowest BCUT2D eigenvalue weighted by Crippen LogP contribution is -2.04. The molecular formula is C11H11ClFN3. The molecule has 3 nitrogen and oxygen atoms in total. The molecule has 16 heavy (non-hydrogen) atoms. The summed E-state index contributed by atoms with van der Waals surface area (Å²) in [6, 6.07) is 6.16. The van der Waals surface area contributed by atoms with E-state index in [4.69, 9.17) is 17.3 Å². The highest BCUT2D eigenvalue weighted by Crippen LogP contribution is 2.27. The number of nitrogens with two attached hydrogens (primary N) is 1. The summed E-state index contributed by atoms with van der Waals surface area (Å²) in [5.74, 6) is 0.359. The number of benzene rings is 1. The Hall–Kier alpha value is -1.39. The smallest absolute Gasteiger partial charge is 0.136 e. The van der Waals surface area contributed by atoms with Gasteiger partial charge >= 0.3 is 0 Å². The Kier molecular flexibility index (Phi) is 2.94. The third-order valence-electron chi connectivity index (χ3n) is 2.40. The zero-order valence-corrected chi connectivity index (χ0v) is 9.50. The lowest BCUT2D eigenvalue weighted by atomic mass is 10.2. The molecule has 0 aliphatic rings. The van der Waals surface area contributed by atoms with E-state index in [0.717, 1.165) is 0 Å². The molecule has 2 rings (SSSR count). The SMILES string of the molecule is Cn1c(CN)nc(-c2cccc(F)c2)c1Cl. The van der Waals surface area contributed by atoms with E-state index < -0.39 is 0 Å². The van der Waals surface area contributed by atoms with Crippen molar-refractivity contribution in [1.29, 1.82) is 0 Å². The summed E-state index contributed by atoms with van der Waals surface area (Å²) in [5.41, 5.74) is 6.74. The Morgan fingerprint density at radius 2 is 2.25 bits per heavy atom. The highest BCUT2D eigenvalue weighted by atomic mass is 35.5. The molecule has 1 heterocycles. The molecule has 1 aromatic carbocycles. The van der Waals surface area contributed by atoms with Gasteiger partial charge in [0.05, 0.1) is 6.54 Å². The lowest BCUT2D eigenvalue weighted by Gasteiger charge is -1.98. The van der Waals surface area contributed by atoms with Crippen LogP contribution in [0.3, 0.4) is 0 Å². The van der Waals surface area contributed by atoms with Gasteiger partial charge < -0.3 is 10.3 Å². The monoisotopic (exact) mass is 239 g/mol. The molecule has 0 fully saturated rings. The minimum Gasteiger partial charge on any atom is -0.324 e. The van der Waals surface area contributed by atoms with E-state index in [1.54, 1.807) is 23.7 Å². The summed E-state index contributed by atoms with van der Waals surface area (Å²) in [6.45, 7) is 0.297. The standard InChI is InChI=1S/C11H11ClFN3/c1-16-9(6-14)15-10(11(16)12)7-3-2-4-8(13)5-7/h2-5H,6,14H2,1H3. The molecular weight excluding hydrogens is 229 g/mol. The summed E-state index contributed by atoms with van der Waals surface area (Å²) in [7, 11) is 1.78. The minimum atomic E-state index is -0.312. The van der Waals surface area contributed by atoms with Gasteiger partial charge in [0.25, 0.3) is 0 Å². The van der Waals surface area contributed by atoms with Crippen LogP contribution < -0.4 is 5.73 Å². The van der Waals surface area contributed by atoms with Crippen molar-refractivity contribution >= 4 is 11.6 Å². The summed E-state index contributed by atoms with van der Waals surface area (Å²) in [6.07, 6.45) is 0. The second-order valence-corrected chi connectivity index (χ2v) is 3.80. The topological polar surface area (TPSA) is 43.8 Å². The predicted molar refractivity (Wildman–Crippen MR) is 61.5 cm³/mol. The average Bonchev–Trinajstić information content (AvgIpc) is 2.56. The van der Waals surface area contributed by atoms with Gasteiger partial charge in [-0.15, -0.1) is 0 Å². The van der Waals surface area contributed by atoms with E-state index in [0.29, 0.717) is 28.8 Å². The first kappa shape index (κ1) is 11.1. The molecule has 2 aromatic rings. The van der Waals surface area contributed by atoms with Gasteiger partial charge in [-0.05, 0) is 12.1 Å². The van der Waals surface area contributed by atoms with Gasteiger partial charge in [-0.2, -0.15) is 0 Å². The Balaban J connectivity index is 2.56. The van der Waals surface area contributed by atoms with Crippen LogP contribution in [0.5, 0.6) is 0 Å². The van der Waals surface area contributed by atoms with E-state index >= 15 is 0 Å². The maximum atomic E-state index is 13.1. The summed E-state index contributed by atoms with van der Waals surface area (Å²) >= 11 is 6.10. The van der Waals surface area contributed by atoms with Gasteiger partial charge in [-0.25, -0.2) is 9.37 Å². The maximum Gasteiger partial charge on any atom is 0.136 e. The summed E-state index contributed by atoms with van der Waals surface area (Å²) in [4.78, 5) is 4.28. The van der Waals surface area contributed by atoms with Gasteiger partial charge in [-0.1, -0.05) is 23.7 Å². The molecule has 2 N–H and O–H groups in total. The van der Waals surface area contributed by atoms with Gasteiger partial charge in [-0.3, -0.25) is 0 Å². The molecule has 0 bridgehead atoms. The first-order chi connectivity index (χ1) is 7.63. The Morgan fingerprint density at radius 1 is 1.50 bits per heavy atom. The summed E-state index contributed by atoms with van der Waals surface area (Å²) < 4.78 is 14.8. The molecule has 0 amide bonds. The van der Waals surface area contributed by atoms with E-state index in [-0.39, 0.29) is 5.82 Å². The molecule has 0 aliphatic heterocycles. The predicted octanol–water partition coefficient (Wildman–Crippen LogP) is 2.34. The zero-order chi connectivity index (χ0) is 11.7. The molecule has 0 saturated carbocycles. The van der Waals surface area contributed by atoms with Crippen molar-refractivity contribution in [3.63, 3.8) is 0 Å². The number of nitrogens with zero attached hydrogens (tertiary/aromatic N) is 2. The average molecular weight is 240 g/mol. The first-order valence-electron chi connectivity index (χ1n) is 4.80. The Bertz CT molecular complexity index is 522. The van der Waals surface area contributed by atoms with Crippen LogP contribution in [-0.2, 0) is 13.6 Å². The van der Waals surface area contributed by atoms with E-state index in [1.807, 2.05) is 0 Å². The maximum absolute atomic E-state index is 13.1. The molecule has 0 aliphatic carbocycles. The Morgan fingerprint density at radius 3 is 2.81 bits per heavy atom. The van der Waals surface area contributed by atoms with Crippen molar-refractivity contribution in [3.8, 4) is 11.3 Å². The van der Waals surface area contributed by atoms with Gasteiger partial charge in [0.1, 0.15) is 22.5 Å². The minimum absolute atomic E-state index is 0.297. The van der Waals surface area contributed by atoms with Crippen LogP contribution >= 0.6 is 11.6 Å². The lowest BCUT2D eigenvalue weighted by molar-refractivity contribution is 0.628. The Labute approximate surface area is 97.7 Å². The number of hydrogen-bond donors (Lipinski definition) is 1. The van der Waals surface area contributed by atoms with Crippen LogP contribution in [0.2, 0.25) is 5.15 Å². The van der Waals surface area contributed by atoms with Crippen LogP contribution in [0.1, 0.15) is 5.82 Å². The van der Waals surface area contributed by atoms with Gasteiger partial charge in [0, 0.05) is 12.6 Å². The van der Waals surface area contributed by atoms with Gasteiger partial charge in [0.15, 0.2) is 0 Å². The molecule has 0 unspecified atom stereocenters. The van der Waals surface area contributed by atoms with Crippen molar-refractivity contribution in [2.24, 2.45) is 12.8 Å². The second kappa shape index (κ2) is 4.23. The van der Waals surface area contributed by atoms with Crippen LogP contribution in [0.4, 0.5) is 4.39 Å². The number of aromatic nitrogens is 2. The fourth-order valence-corrected chi connectivity index (χ4v) is 1.77. The first-order valence-corrected chi connectivity index (χ1v) is 5.18. The van der Waals surface area contributed by atoms with Crippen molar-refractivity contribution in [2.45, 2.75) is 6.54 Å². The van der Waals surface area contributed by atoms with E-state index in [1.165, 1.54) is 12.1 Å². The number of rotatable bonds is 2. The van der Waals surface area contributed by atoms with Crippen LogP contribution in [0, 0.1) is 5.82 Å². The van der Waals surface area contributed by atoms with Crippen molar-refractivity contribution in [2.75, 3.05) is 0 Å². The van der Waals surface area contributed by atoms with Crippen LogP contribution in [-0.4, -0.2) is 9.55 Å². The highest BCUT2D eigenvalue weighted by molar-refractivity contribution is 6.32. The molecule has 0 spiro atoms. The van der Waals surface area contributed by atoms with Crippen molar-refractivity contribution in [1.82, 2.24) is 9.55 Å². The molecule has 84 valence electrons. The molecule has 1 aromatic heterocycles. The normalized spacial score (nSPS) is 10.8. The van der Waals surface area contributed by atoms with Crippen molar-refractivity contribution < 1.29 is 4.39 Å². The number of halogens is 2. The third-order valence-corrected chi connectivity index (χ3v) is 2.83.